The third-order valence-corrected chi connectivity index (χ3v) is 4.11. The third kappa shape index (κ3) is 2.38. The second kappa shape index (κ2) is 5.15. The van der Waals surface area contributed by atoms with E-state index in [1.165, 1.54) is 0 Å². The Bertz CT molecular complexity index is 235. The summed E-state index contributed by atoms with van der Waals surface area (Å²) in [7, 11) is 3.70. The van der Waals surface area contributed by atoms with Crippen LogP contribution in [0.1, 0.15) is 39.5 Å². The zero-order chi connectivity index (χ0) is 12.2. The molecular formula is C12H24N2O2. The van der Waals surface area contributed by atoms with Crippen LogP contribution in [0, 0.1) is 0 Å². The minimum Gasteiger partial charge on any atom is -0.379 e. The van der Waals surface area contributed by atoms with Crippen molar-refractivity contribution in [3.63, 3.8) is 0 Å². The molecule has 0 radical (unpaired) electrons. The summed E-state index contributed by atoms with van der Waals surface area (Å²) in [6.45, 7) is 4.90. The van der Waals surface area contributed by atoms with Gasteiger partial charge < -0.3 is 9.64 Å². The molecule has 0 aromatic carbocycles. The molecule has 4 nitrogen and oxygen atoms in total. The lowest BCUT2D eigenvalue weighted by Crippen LogP contribution is -2.60. The molecule has 0 aliphatic heterocycles. The van der Waals surface area contributed by atoms with Crippen LogP contribution in [0.3, 0.4) is 0 Å². The highest BCUT2D eigenvalue weighted by Crippen LogP contribution is 2.37. The molecule has 0 saturated heterocycles. The van der Waals surface area contributed by atoms with Gasteiger partial charge in [-0.3, -0.25) is 10.1 Å². The first-order chi connectivity index (χ1) is 7.55. The normalized spacial score (nSPS) is 34.8. The smallest absolute Gasteiger partial charge is 0.211 e. The molecule has 1 aliphatic rings. The summed E-state index contributed by atoms with van der Waals surface area (Å²) in [6, 6.07) is 0. The Balaban J connectivity index is 2.75. The summed E-state index contributed by atoms with van der Waals surface area (Å²) in [5, 5.41) is 3.32. The zero-order valence-corrected chi connectivity index (χ0v) is 10.9. The van der Waals surface area contributed by atoms with Crippen molar-refractivity contribution in [2.45, 2.75) is 50.8 Å². The van der Waals surface area contributed by atoms with Crippen molar-refractivity contribution in [2.75, 3.05) is 20.7 Å². The van der Waals surface area contributed by atoms with E-state index in [0.717, 1.165) is 38.6 Å². The van der Waals surface area contributed by atoms with Gasteiger partial charge in [-0.2, -0.15) is 0 Å². The fraction of sp³-hybridized carbons (Fsp3) is 0.917. The molecule has 0 aromatic heterocycles. The molecule has 0 heterocycles. The van der Waals surface area contributed by atoms with Gasteiger partial charge in [-0.25, -0.2) is 0 Å². The van der Waals surface area contributed by atoms with Gasteiger partial charge in [0.25, 0.3) is 0 Å². The fourth-order valence-corrected chi connectivity index (χ4v) is 2.56. The lowest BCUT2D eigenvalue weighted by Gasteiger charge is -2.48. The first-order valence-corrected chi connectivity index (χ1v) is 6.02. The van der Waals surface area contributed by atoms with Gasteiger partial charge >= 0.3 is 0 Å². The number of methoxy groups -OCH3 is 1. The molecule has 0 bridgehead atoms. The molecule has 1 saturated carbocycles. The maximum absolute atomic E-state index is 11.1. The van der Waals surface area contributed by atoms with E-state index in [1.807, 2.05) is 18.9 Å². The van der Waals surface area contributed by atoms with Crippen LogP contribution >= 0.6 is 0 Å². The van der Waals surface area contributed by atoms with Gasteiger partial charge in [0, 0.05) is 13.7 Å². The van der Waals surface area contributed by atoms with Crippen LogP contribution < -0.4 is 5.32 Å². The SMILES string of the molecule is CCN(C=O)C1(NC)CCC(C)(OC)CC1. The van der Waals surface area contributed by atoms with Gasteiger partial charge in [-0.05, 0) is 46.6 Å². The van der Waals surface area contributed by atoms with E-state index < -0.39 is 0 Å². The van der Waals surface area contributed by atoms with Crippen molar-refractivity contribution in [2.24, 2.45) is 0 Å². The fourth-order valence-electron chi connectivity index (χ4n) is 2.56. The molecule has 0 aromatic rings. The van der Waals surface area contributed by atoms with Gasteiger partial charge in [0.05, 0.1) is 11.3 Å². The molecule has 0 unspecified atom stereocenters. The second-order valence-corrected chi connectivity index (χ2v) is 4.83. The average Bonchev–Trinajstić information content (AvgIpc) is 2.33. The minimum absolute atomic E-state index is 0.0252. The Morgan fingerprint density at radius 3 is 2.25 bits per heavy atom. The standard InChI is InChI=1S/C12H24N2O2/c1-5-14(10-15)12(13-3)8-6-11(2,16-4)7-9-12/h10,13H,5-9H2,1-4H3. The Hall–Kier alpha value is -0.610. The Kier molecular flexibility index (Phi) is 4.33. The molecule has 16 heavy (non-hydrogen) atoms. The van der Waals surface area contributed by atoms with E-state index in [9.17, 15) is 4.79 Å². The summed E-state index contributed by atoms with van der Waals surface area (Å²) < 4.78 is 5.53. The number of hydrogen-bond acceptors (Lipinski definition) is 3. The number of ether oxygens (including phenoxy) is 1. The van der Waals surface area contributed by atoms with Crippen molar-refractivity contribution in [3.8, 4) is 0 Å². The van der Waals surface area contributed by atoms with E-state index in [-0.39, 0.29) is 11.3 Å². The van der Waals surface area contributed by atoms with E-state index in [1.54, 1.807) is 7.11 Å². The average molecular weight is 228 g/mol. The molecule has 1 fully saturated rings. The predicted molar refractivity (Wildman–Crippen MR) is 64.1 cm³/mol. The maximum Gasteiger partial charge on any atom is 0.211 e. The van der Waals surface area contributed by atoms with Gasteiger partial charge in [0.1, 0.15) is 0 Å². The molecule has 1 aliphatic carbocycles. The van der Waals surface area contributed by atoms with Crippen molar-refractivity contribution in [3.05, 3.63) is 0 Å². The molecule has 1 rings (SSSR count). The van der Waals surface area contributed by atoms with Crippen LogP contribution in [0.15, 0.2) is 0 Å². The zero-order valence-electron chi connectivity index (χ0n) is 10.9. The van der Waals surface area contributed by atoms with E-state index in [0.29, 0.717) is 0 Å². The summed E-state index contributed by atoms with van der Waals surface area (Å²) in [5.74, 6) is 0. The highest BCUT2D eigenvalue weighted by molar-refractivity contribution is 5.48. The topological polar surface area (TPSA) is 41.6 Å². The van der Waals surface area contributed by atoms with E-state index >= 15 is 0 Å². The number of nitrogens with one attached hydrogen (secondary N) is 1. The highest BCUT2D eigenvalue weighted by Gasteiger charge is 2.42. The van der Waals surface area contributed by atoms with Gasteiger partial charge in [0.15, 0.2) is 0 Å². The summed E-state index contributed by atoms with van der Waals surface area (Å²) >= 11 is 0. The largest absolute Gasteiger partial charge is 0.379 e. The number of carbonyl (C=O) groups is 1. The number of amides is 1. The Morgan fingerprint density at radius 1 is 1.38 bits per heavy atom. The summed E-state index contributed by atoms with van der Waals surface area (Å²) in [4.78, 5) is 12.9. The van der Waals surface area contributed by atoms with Crippen LogP contribution in [0.2, 0.25) is 0 Å². The lowest BCUT2D eigenvalue weighted by molar-refractivity contribution is -0.131. The van der Waals surface area contributed by atoms with Crippen molar-refractivity contribution < 1.29 is 9.53 Å². The lowest BCUT2D eigenvalue weighted by atomic mass is 9.78. The van der Waals surface area contributed by atoms with Crippen LogP contribution in [-0.4, -0.2) is 43.3 Å². The van der Waals surface area contributed by atoms with Crippen molar-refractivity contribution in [1.29, 1.82) is 0 Å². The second-order valence-electron chi connectivity index (χ2n) is 4.83. The monoisotopic (exact) mass is 228 g/mol. The Labute approximate surface area is 98.3 Å². The number of rotatable bonds is 5. The molecule has 0 atom stereocenters. The summed E-state index contributed by atoms with van der Waals surface area (Å²) in [5.41, 5.74) is -0.197. The van der Waals surface area contributed by atoms with Gasteiger partial charge in [-0.1, -0.05) is 0 Å². The third-order valence-electron chi connectivity index (χ3n) is 4.11. The van der Waals surface area contributed by atoms with Crippen LogP contribution in [0.25, 0.3) is 0 Å². The molecule has 94 valence electrons. The summed E-state index contributed by atoms with van der Waals surface area (Å²) in [6.07, 6.45) is 4.80. The number of carbonyl (C=O) groups excluding carboxylic acids is 1. The maximum atomic E-state index is 11.1. The number of hydrogen-bond donors (Lipinski definition) is 1. The van der Waals surface area contributed by atoms with Gasteiger partial charge in [0.2, 0.25) is 6.41 Å². The van der Waals surface area contributed by atoms with Gasteiger partial charge in [-0.15, -0.1) is 0 Å². The predicted octanol–water partition coefficient (Wildman–Crippen LogP) is 1.36. The highest BCUT2D eigenvalue weighted by atomic mass is 16.5. The van der Waals surface area contributed by atoms with Crippen LogP contribution in [0.5, 0.6) is 0 Å². The van der Waals surface area contributed by atoms with Crippen LogP contribution in [-0.2, 0) is 9.53 Å². The molecule has 1 amide bonds. The Morgan fingerprint density at radius 2 is 1.94 bits per heavy atom. The van der Waals surface area contributed by atoms with Crippen molar-refractivity contribution in [1.82, 2.24) is 10.2 Å². The molecule has 1 N–H and O–H groups in total. The quantitative estimate of drug-likeness (QED) is 0.570. The van der Waals surface area contributed by atoms with Crippen molar-refractivity contribution >= 4 is 6.41 Å². The van der Waals surface area contributed by atoms with E-state index in [4.69, 9.17) is 4.74 Å². The molecule has 0 spiro atoms. The molecular weight excluding hydrogens is 204 g/mol. The first-order valence-electron chi connectivity index (χ1n) is 6.02. The van der Waals surface area contributed by atoms with Crippen LogP contribution in [0.4, 0.5) is 0 Å². The van der Waals surface area contributed by atoms with E-state index in [2.05, 4.69) is 12.2 Å². The first kappa shape index (κ1) is 13.5. The minimum atomic E-state index is -0.172. The molecule has 4 heteroatoms. The number of nitrogens with zero attached hydrogens (tertiary/aromatic N) is 1.